The smallest absolute Gasteiger partial charge is 0.338 e. The Labute approximate surface area is 289 Å². The molecule has 0 aromatic heterocycles. The highest BCUT2D eigenvalue weighted by Gasteiger charge is 2.51. The first-order valence-electron chi connectivity index (χ1n) is 16.1. The van der Waals surface area contributed by atoms with E-state index in [1.54, 1.807) is 60.7 Å². The lowest BCUT2D eigenvalue weighted by Gasteiger charge is -2.44. The van der Waals surface area contributed by atoms with E-state index in [-0.39, 0.29) is 17.7 Å². The third-order valence-corrected chi connectivity index (χ3v) is 8.55. The van der Waals surface area contributed by atoms with Gasteiger partial charge in [0.2, 0.25) is 0 Å². The quantitative estimate of drug-likeness (QED) is 0.0442. The number of azide groups is 1. The van der Waals surface area contributed by atoms with Gasteiger partial charge in [0, 0.05) is 12.0 Å². The molecule has 10 nitrogen and oxygen atoms in total. The molecule has 10 heteroatoms. The molecule has 6 rings (SSSR count). The van der Waals surface area contributed by atoms with Gasteiger partial charge in [0.25, 0.3) is 0 Å². The van der Waals surface area contributed by atoms with Crippen molar-refractivity contribution in [1.82, 2.24) is 0 Å². The summed E-state index contributed by atoms with van der Waals surface area (Å²) in [6, 6.07) is 44.8. The number of nitrogens with zero attached hydrogens (tertiary/aromatic N) is 3. The van der Waals surface area contributed by atoms with Crippen LogP contribution >= 0.6 is 0 Å². The summed E-state index contributed by atoms with van der Waals surface area (Å²) in [7, 11) is 1.39. The Morgan fingerprint density at radius 1 is 0.660 bits per heavy atom. The van der Waals surface area contributed by atoms with E-state index in [2.05, 4.69) is 10.0 Å². The Balaban J connectivity index is 1.41. The number of methoxy groups -OCH3 is 1. The molecular formula is C40H35N3O7. The lowest BCUT2D eigenvalue weighted by atomic mass is 9.80. The van der Waals surface area contributed by atoms with Gasteiger partial charge in [-0.2, -0.15) is 0 Å². The number of ether oxygens (including phenoxy) is 5. The number of hydrogen-bond acceptors (Lipinski definition) is 8. The Bertz CT molecular complexity index is 1790. The molecule has 1 aliphatic heterocycles. The van der Waals surface area contributed by atoms with Crippen molar-refractivity contribution in [2.24, 2.45) is 5.11 Å². The fraction of sp³-hybridized carbons (Fsp3) is 0.200. The van der Waals surface area contributed by atoms with Crippen LogP contribution in [0, 0.1) is 0 Å². The van der Waals surface area contributed by atoms with Crippen LogP contribution in [0.5, 0.6) is 0 Å². The van der Waals surface area contributed by atoms with Gasteiger partial charge in [-0.15, -0.1) is 0 Å². The summed E-state index contributed by atoms with van der Waals surface area (Å²) in [5.74, 6) is -1.41. The second-order valence-electron chi connectivity index (χ2n) is 11.5. The highest BCUT2D eigenvalue weighted by molar-refractivity contribution is 5.90. The molecular weight excluding hydrogens is 634 g/mol. The molecule has 1 aliphatic rings. The second-order valence-corrected chi connectivity index (χ2v) is 11.5. The molecule has 0 N–H and O–H groups in total. The van der Waals surface area contributed by atoms with E-state index in [0.717, 1.165) is 16.7 Å². The van der Waals surface area contributed by atoms with Gasteiger partial charge in [-0.25, -0.2) is 9.59 Å². The topological polar surface area (TPSA) is 129 Å². The average molecular weight is 670 g/mol. The van der Waals surface area contributed by atoms with Crippen LogP contribution in [0.4, 0.5) is 0 Å². The molecule has 0 unspecified atom stereocenters. The van der Waals surface area contributed by atoms with Crippen molar-refractivity contribution in [3.8, 4) is 0 Å². The maximum Gasteiger partial charge on any atom is 0.338 e. The molecule has 1 fully saturated rings. The summed E-state index contributed by atoms with van der Waals surface area (Å²) < 4.78 is 31.1. The van der Waals surface area contributed by atoms with Crippen LogP contribution in [-0.2, 0) is 29.3 Å². The van der Waals surface area contributed by atoms with Crippen LogP contribution < -0.4 is 0 Å². The molecule has 252 valence electrons. The van der Waals surface area contributed by atoms with E-state index in [9.17, 15) is 15.1 Å². The molecule has 50 heavy (non-hydrogen) atoms. The summed E-state index contributed by atoms with van der Waals surface area (Å²) in [5.41, 5.74) is 11.7. The van der Waals surface area contributed by atoms with Gasteiger partial charge in [-0.1, -0.05) is 133 Å². The molecule has 0 saturated carbocycles. The summed E-state index contributed by atoms with van der Waals surface area (Å²) >= 11 is 0. The summed E-state index contributed by atoms with van der Waals surface area (Å²) in [6.07, 6.45) is -4.88. The van der Waals surface area contributed by atoms with Gasteiger partial charge < -0.3 is 23.7 Å². The summed E-state index contributed by atoms with van der Waals surface area (Å²) in [4.78, 5) is 30.0. The third-order valence-electron chi connectivity index (χ3n) is 8.55. The fourth-order valence-corrected chi connectivity index (χ4v) is 6.19. The number of hydrogen-bond donors (Lipinski definition) is 0. The minimum Gasteiger partial charge on any atom is -0.454 e. The number of carbonyl (C=O) groups is 2. The maximum atomic E-state index is 13.5. The zero-order valence-electron chi connectivity index (χ0n) is 27.2. The van der Waals surface area contributed by atoms with Crippen molar-refractivity contribution in [3.63, 3.8) is 0 Å². The first-order chi connectivity index (χ1) is 24.5. The number of benzene rings is 5. The second kappa shape index (κ2) is 16.1. The van der Waals surface area contributed by atoms with Crippen LogP contribution in [0.15, 0.2) is 157 Å². The molecule has 0 bridgehead atoms. The fourth-order valence-electron chi connectivity index (χ4n) is 6.19. The molecule has 0 spiro atoms. The van der Waals surface area contributed by atoms with Gasteiger partial charge in [0.15, 0.2) is 18.5 Å². The van der Waals surface area contributed by atoms with E-state index >= 15 is 0 Å². The Kier molecular flexibility index (Phi) is 11.0. The van der Waals surface area contributed by atoms with E-state index in [1.807, 2.05) is 91.0 Å². The van der Waals surface area contributed by atoms with E-state index in [4.69, 9.17) is 23.7 Å². The number of esters is 2. The Morgan fingerprint density at radius 3 is 1.46 bits per heavy atom. The molecule has 5 atom stereocenters. The van der Waals surface area contributed by atoms with Crippen molar-refractivity contribution >= 4 is 11.9 Å². The van der Waals surface area contributed by atoms with Crippen LogP contribution in [-0.4, -0.2) is 56.3 Å². The van der Waals surface area contributed by atoms with Crippen LogP contribution in [0.3, 0.4) is 0 Å². The van der Waals surface area contributed by atoms with Crippen molar-refractivity contribution in [2.75, 3.05) is 13.7 Å². The predicted molar refractivity (Wildman–Crippen MR) is 185 cm³/mol. The minimum absolute atomic E-state index is 0.152. The van der Waals surface area contributed by atoms with E-state index < -0.39 is 48.2 Å². The monoisotopic (exact) mass is 669 g/mol. The van der Waals surface area contributed by atoms with Crippen molar-refractivity contribution in [2.45, 2.75) is 36.2 Å². The molecule has 0 radical (unpaired) electrons. The van der Waals surface area contributed by atoms with Gasteiger partial charge in [0.05, 0.1) is 23.8 Å². The summed E-state index contributed by atoms with van der Waals surface area (Å²) in [6.45, 7) is -0.152. The maximum absolute atomic E-state index is 13.5. The van der Waals surface area contributed by atoms with Crippen molar-refractivity contribution in [3.05, 3.63) is 190 Å². The lowest BCUT2D eigenvalue weighted by Crippen LogP contribution is -2.61. The zero-order chi connectivity index (χ0) is 34.8. The average Bonchev–Trinajstić information content (AvgIpc) is 3.18. The van der Waals surface area contributed by atoms with Crippen LogP contribution in [0.1, 0.15) is 37.4 Å². The van der Waals surface area contributed by atoms with Crippen molar-refractivity contribution in [1.29, 1.82) is 0 Å². The van der Waals surface area contributed by atoms with Gasteiger partial charge >= 0.3 is 11.9 Å². The Morgan fingerprint density at radius 2 is 1.06 bits per heavy atom. The standard InChI is InChI=1S/C40H35N3O7/c1-46-39-36(50-38(45)29-19-9-3-10-20-29)35(49-37(44)28-17-7-2-8-18-28)34(42-43-41)33(48-39)27-47-40(30-21-11-4-12-22-30,31-23-13-5-14-24-31)32-25-15-6-16-26-32/h2-26,33-36,39H,27H2,1H3/t33-,34-,35+,36+,39+/m1/s1. The predicted octanol–water partition coefficient (Wildman–Crippen LogP) is 7.50. The van der Waals surface area contributed by atoms with Gasteiger partial charge in [0.1, 0.15) is 11.6 Å². The minimum atomic E-state index is -1.32. The van der Waals surface area contributed by atoms with Crippen LogP contribution in [0.25, 0.3) is 10.4 Å². The summed E-state index contributed by atoms with van der Waals surface area (Å²) in [5, 5.41) is 4.06. The highest BCUT2D eigenvalue weighted by atomic mass is 16.7. The van der Waals surface area contributed by atoms with Crippen LogP contribution in [0.2, 0.25) is 0 Å². The SMILES string of the molecule is CO[C@H]1O[C@H](COC(c2ccccc2)(c2ccccc2)c2ccccc2)[C@@H](N=[N+]=[N-])[C@H](OC(=O)c2ccccc2)[C@@H]1OC(=O)c1ccccc1. The Hall–Kier alpha value is -5.77. The molecule has 0 aliphatic carbocycles. The third kappa shape index (κ3) is 7.29. The normalized spacial score (nSPS) is 20.2. The molecule has 5 aromatic carbocycles. The highest BCUT2D eigenvalue weighted by Crippen LogP contribution is 2.41. The van der Waals surface area contributed by atoms with E-state index in [0.29, 0.717) is 0 Å². The number of carbonyl (C=O) groups excluding carboxylic acids is 2. The number of rotatable bonds is 12. The first-order valence-corrected chi connectivity index (χ1v) is 16.1. The van der Waals surface area contributed by atoms with Crippen molar-refractivity contribution < 1.29 is 33.3 Å². The largest absolute Gasteiger partial charge is 0.454 e. The lowest BCUT2D eigenvalue weighted by molar-refractivity contribution is -0.272. The molecule has 1 saturated heterocycles. The molecule has 0 amide bonds. The first kappa shape index (κ1) is 34.1. The zero-order valence-corrected chi connectivity index (χ0v) is 27.2. The molecule has 1 heterocycles. The van der Waals surface area contributed by atoms with Gasteiger partial charge in [-0.3, -0.25) is 0 Å². The molecule has 5 aromatic rings. The van der Waals surface area contributed by atoms with Gasteiger partial charge in [-0.05, 0) is 46.5 Å². The van der Waals surface area contributed by atoms with E-state index in [1.165, 1.54) is 7.11 Å².